The van der Waals surface area contributed by atoms with Gasteiger partial charge in [0.05, 0.1) is 5.56 Å². The van der Waals surface area contributed by atoms with Gasteiger partial charge in [0, 0.05) is 20.1 Å². The normalized spacial score (nSPS) is 15.7. The van der Waals surface area contributed by atoms with Crippen molar-refractivity contribution in [2.24, 2.45) is 5.92 Å². The van der Waals surface area contributed by atoms with Crippen LogP contribution in [-0.2, 0) is 12.7 Å². The molecule has 0 bridgehead atoms. The number of nitrogens with zero attached hydrogens (tertiary/aromatic N) is 1. The van der Waals surface area contributed by atoms with Crippen LogP contribution in [0.1, 0.15) is 43.2 Å². The van der Waals surface area contributed by atoms with Crippen LogP contribution in [0.4, 0.5) is 18.0 Å². The van der Waals surface area contributed by atoms with Crippen LogP contribution in [0.2, 0.25) is 0 Å². The molecule has 0 spiro atoms. The maximum Gasteiger partial charge on any atom is 0.416 e. The lowest BCUT2D eigenvalue weighted by molar-refractivity contribution is -0.137. The minimum atomic E-state index is -4.33. The van der Waals surface area contributed by atoms with Crippen LogP contribution in [0.3, 0.4) is 0 Å². The number of urea groups is 1. The van der Waals surface area contributed by atoms with Gasteiger partial charge in [-0.25, -0.2) is 4.79 Å². The highest BCUT2D eigenvalue weighted by atomic mass is 19.4. The van der Waals surface area contributed by atoms with Crippen LogP contribution in [0.5, 0.6) is 0 Å². The Kier molecular flexibility index (Phi) is 5.91. The predicted molar refractivity (Wildman–Crippen MR) is 82.9 cm³/mol. The number of benzene rings is 1. The summed E-state index contributed by atoms with van der Waals surface area (Å²) in [6.45, 7) is 0.939. The number of rotatable bonds is 5. The number of alkyl halides is 3. The maximum atomic E-state index is 12.5. The molecule has 1 aliphatic rings. The fraction of sp³-hybridized carbons (Fsp3) is 0.588. The number of nitrogens with one attached hydrogen (secondary N) is 1. The van der Waals surface area contributed by atoms with Gasteiger partial charge in [-0.3, -0.25) is 0 Å². The van der Waals surface area contributed by atoms with Gasteiger partial charge in [0.2, 0.25) is 0 Å². The number of amides is 2. The predicted octanol–water partition coefficient (Wildman–Crippen LogP) is 4.43. The van der Waals surface area contributed by atoms with Crippen LogP contribution in [-0.4, -0.2) is 24.5 Å². The molecule has 6 heteroatoms. The van der Waals surface area contributed by atoms with Crippen molar-refractivity contribution in [3.63, 3.8) is 0 Å². The highest BCUT2D eigenvalue weighted by molar-refractivity contribution is 5.73. The Morgan fingerprint density at radius 1 is 1.22 bits per heavy atom. The quantitative estimate of drug-likeness (QED) is 0.852. The lowest BCUT2D eigenvalue weighted by atomic mass is 10.0. The third-order valence-corrected chi connectivity index (χ3v) is 4.35. The highest BCUT2D eigenvalue weighted by Crippen LogP contribution is 2.29. The molecule has 0 heterocycles. The monoisotopic (exact) mass is 328 g/mol. The molecule has 2 rings (SSSR count). The maximum absolute atomic E-state index is 12.5. The van der Waals surface area contributed by atoms with Gasteiger partial charge < -0.3 is 10.2 Å². The lowest BCUT2D eigenvalue weighted by Crippen LogP contribution is -2.37. The van der Waals surface area contributed by atoms with Crippen LogP contribution in [0, 0.1) is 5.92 Å². The first-order chi connectivity index (χ1) is 10.9. The van der Waals surface area contributed by atoms with E-state index in [9.17, 15) is 18.0 Å². The molecule has 0 atom stereocenters. The van der Waals surface area contributed by atoms with Crippen molar-refractivity contribution in [2.45, 2.75) is 44.8 Å². The number of carbonyl (C=O) groups excluding carboxylic acids is 1. The average Bonchev–Trinajstić information content (AvgIpc) is 3.00. The summed E-state index contributed by atoms with van der Waals surface area (Å²) in [5.41, 5.74) is -0.00337. The second kappa shape index (κ2) is 7.70. The highest BCUT2D eigenvalue weighted by Gasteiger charge is 2.30. The third-order valence-electron chi connectivity index (χ3n) is 4.35. The Balaban J connectivity index is 1.76. The van der Waals surface area contributed by atoms with Crippen molar-refractivity contribution < 1.29 is 18.0 Å². The molecule has 0 aliphatic heterocycles. The van der Waals surface area contributed by atoms with Crippen LogP contribution in [0.25, 0.3) is 0 Å². The van der Waals surface area contributed by atoms with E-state index in [4.69, 9.17) is 0 Å². The van der Waals surface area contributed by atoms with Crippen LogP contribution >= 0.6 is 0 Å². The largest absolute Gasteiger partial charge is 0.416 e. The van der Waals surface area contributed by atoms with Gasteiger partial charge in [0.25, 0.3) is 0 Å². The first-order valence-electron chi connectivity index (χ1n) is 8.01. The van der Waals surface area contributed by atoms with Crippen LogP contribution in [0.15, 0.2) is 24.3 Å². The van der Waals surface area contributed by atoms with Crippen molar-refractivity contribution in [3.8, 4) is 0 Å². The standard InChI is InChI=1S/C17H23F3N2O/c1-22(16(23)21-11-10-13-4-2-3-5-13)12-14-6-8-15(9-7-14)17(18,19)20/h6-9,13H,2-5,10-12H2,1H3,(H,21,23). The van der Waals surface area contributed by atoms with E-state index in [-0.39, 0.29) is 12.6 Å². The molecule has 0 saturated heterocycles. The fourth-order valence-corrected chi connectivity index (χ4v) is 2.96. The molecule has 128 valence electrons. The number of carbonyl (C=O) groups is 1. The number of hydrogen-bond acceptors (Lipinski definition) is 1. The topological polar surface area (TPSA) is 32.3 Å². The molecule has 23 heavy (non-hydrogen) atoms. The molecule has 1 fully saturated rings. The second-order valence-electron chi connectivity index (χ2n) is 6.22. The smallest absolute Gasteiger partial charge is 0.338 e. The Bertz CT molecular complexity index is 508. The first kappa shape index (κ1) is 17.6. The molecule has 0 radical (unpaired) electrons. The summed E-state index contributed by atoms with van der Waals surface area (Å²) in [5, 5.41) is 2.87. The van der Waals surface area contributed by atoms with E-state index >= 15 is 0 Å². The molecule has 1 N–H and O–H groups in total. The van der Waals surface area contributed by atoms with E-state index < -0.39 is 11.7 Å². The number of hydrogen-bond donors (Lipinski definition) is 1. The molecular formula is C17H23F3N2O. The van der Waals surface area contributed by atoms with Crippen molar-refractivity contribution in [1.29, 1.82) is 0 Å². The molecule has 1 aromatic carbocycles. The van der Waals surface area contributed by atoms with E-state index in [1.54, 1.807) is 7.05 Å². The molecule has 0 unspecified atom stereocenters. The Hall–Kier alpha value is -1.72. The summed E-state index contributed by atoms with van der Waals surface area (Å²) in [4.78, 5) is 13.5. The fourth-order valence-electron chi connectivity index (χ4n) is 2.96. The Morgan fingerprint density at radius 2 is 1.83 bits per heavy atom. The average molecular weight is 328 g/mol. The minimum Gasteiger partial charge on any atom is -0.338 e. The summed E-state index contributed by atoms with van der Waals surface area (Å²) in [5.74, 6) is 0.718. The first-order valence-corrected chi connectivity index (χ1v) is 8.01. The molecule has 1 saturated carbocycles. The lowest BCUT2D eigenvalue weighted by Gasteiger charge is -2.19. The Morgan fingerprint density at radius 3 is 2.39 bits per heavy atom. The van der Waals surface area contributed by atoms with E-state index in [1.807, 2.05) is 0 Å². The zero-order valence-corrected chi connectivity index (χ0v) is 13.3. The second-order valence-corrected chi connectivity index (χ2v) is 6.22. The minimum absolute atomic E-state index is 0.192. The van der Waals surface area contributed by atoms with E-state index in [0.29, 0.717) is 12.1 Å². The summed E-state index contributed by atoms with van der Waals surface area (Å²) in [7, 11) is 1.64. The van der Waals surface area contributed by atoms with Crippen molar-refractivity contribution in [2.75, 3.05) is 13.6 Å². The van der Waals surface area contributed by atoms with Gasteiger partial charge in [0.15, 0.2) is 0 Å². The summed E-state index contributed by atoms with van der Waals surface area (Å²) < 4.78 is 37.5. The summed E-state index contributed by atoms with van der Waals surface area (Å²) >= 11 is 0. The van der Waals surface area contributed by atoms with Gasteiger partial charge in [0.1, 0.15) is 0 Å². The zero-order chi connectivity index (χ0) is 16.9. The van der Waals surface area contributed by atoms with Gasteiger partial charge in [-0.2, -0.15) is 13.2 Å². The third kappa shape index (κ3) is 5.44. The van der Waals surface area contributed by atoms with Gasteiger partial charge in [-0.05, 0) is 30.0 Å². The molecule has 1 aromatic rings. The van der Waals surface area contributed by atoms with Crippen molar-refractivity contribution >= 4 is 6.03 Å². The van der Waals surface area contributed by atoms with E-state index in [1.165, 1.54) is 42.7 Å². The van der Waals surface area contributed by atoms with Gasteiger partial charge in [-0.15, -0.1) is 0 Å². The van der Waals surface area contributed by atoms with Gasteiger partial charge in [-0.1, -0.05) is 37.8 Å². The summed E-state index contributed by atoms with van der Waals surface area (Å²) in [6, 6.07) is 4.71. The summed E-state index contributed by atoms with van der Waals surface area (Å²) in [6.07, 6.45) is 1.73. The van der Waals surface area contributed by atoms with Crippen molar-refractivity contribution in [3.05, 3.63) is 35.4 Å². The van der Waals surface area contributed by atoms with Crippen LogP contribution < -0.4 is 5.32 Å². The van der Waals surface area contributed by atoms with Gasteiger partial charge >= 0.3 is 12.2 Å². The molecule has 1 aliphatic carbocycles. The molecular weight excluding hydrogens is 305 g/mol. The molecule has 0 aromatic heterocycles. The van der Waals surface area contributed by atoms with E-state index in [0.717, 1.165) is 24.5 Å². The Labute approximate surface area is 134 Å². The number of halogens is 3. The van der Waals surface area contributed by atoms with Crippen molar-refractivity contribution in [1.82, 2.24) is 10.2 Å². The SMILES string of the molecule is CN(Cc1ccc(C(F)(F)F)cc1)C(=O)NCCC1CCCC1. The molecule has 2 amide bonds. The zero-order valence-electron chi connectivity index (χ0n) is 13.3. The molecule has 3 nitrogen and oxygen atoms in total. The van der Waals surface area contributed by atoms with E-state index in [2.05, 4.69) is 5.32 Å².